The lowest BCUT2D eigenvalue weighted by Gasteiger charge is -2.11. The fraction of sp³-hybridized carbons (Fsp3) is 0.727. The van der Waals surface area contributed by atoms with Crippen LogP contribution in [0, 0.1) is 13.8 Å². The van der Waals surface area contributed by atoms with Gasteiger partial charge in [-0.1, -0.05) is 0 Å². The molecule has 0 saturated carbocycles. The van der Waals surface area contributed by atoms with Gasteiger partial charge in [0.05, 0.1) is 5.69 Å². The zero-order valence-corrected chi connectivity index (χ0v) is 10.8. The molecule has 0 spiro atoms. The monoisotopic (exact) mass is 228 g/mol. The van der Waals surface area contributed by atoms with Crippen molar-refractivity contribution in [1.82, 2.24) is 10.3 Å². The van der Waals surface area contributed by atoms with E-state index < -0.39 is 0 Å². The van der Waals surface area contributed by atoms with Crippen molar-refractivity contribution >= 4 is 11.3 Å². The number of hydrogen-bond acceptors (Lipinski definition) is 4. The van der Waals surface area contributed by atoms with Gasteiger partial charge < -0.3 is 10.1 Å². The molecule has 1 rings (SSSR count). The fourth-order valence-electron chi connectivity index (χ4n) is 1.27. The molecule has 15 heavy (non-hydrogen) atoms. The molecular formula is C11H20N2OS. The van der Waals surface area contributed by atoms with Crippen LogP contribution in [0.1, 0.15) is 28.9 Å². The quantitative estimate of drug-likeness (QED) is 0.811. The molecule has 4 heteroatoms. The smallest absolute Gasteiger partial charge is 0.107 e. The van der Waals surface area contributed by atoms with Gasteiger partial charge >= 0.3 is 0 Å². The lowest BCUT2D eigenvalue weighted by Crippen LogP contribution is -2.26. The van der Waals surface area contributed by atoms with E-state index in [4.69, 9.17) is 4.74 Å². The van der Waals surface area contributed by atoms with Gasteiger partial charge in [-0.05, 0) is 27.2 Å². The van der Waals surface area contributed by atoms with E-state index in [1.54, 1.807) is 18.4 Å². The van der Waals surface area contributed by atoms with E-state index >= 15 is 0 Å². The van der Waals surface area contributed by atoms with E-state index in [1.165, 1.54) is 9.88 Å². The van der Waals surface area contributed by atoms with Crippen molar-refractivity contribution in [2.75, 3.05) is 13.7 Å². The van der Waals surface area contributed by atoms with E-state index in [1.807, 2.05) is 0 Å². The summed E-state index contributed by atoms with van der Waals surface area (Å²) in [6.45, 7) is 8.02. The number of hydrogen-bond donors (Lipinski definition) is 1. The summed E-state index contributed by atoms with van der Waals surface area (Å²) in [5.74, 6) is 0. The van der Waals surface area contributed by atoms with Crippen LogP contribution < -0.4 is 5.32 Å². The molecule has 0 radical (unpaired) electrons. The first-order valence-corrected chi connectivity index (χ1v) is 6.10. The number of nitrogens with zero attached hydrogens (tertiary/aromatic N) is 1. The van der Waals surface area contributed by atoms with Crippen molar-refractivity contribution in [2.24, 2.45) is 0 Å². The SMILES string of the molecule is COCCC(C)NCc1nc(C)c(C)s1. The Labute approximate surface area is 95.9 Å². The lowest BCUT2D eigenvalue weighted by molar-refractivity contribution is 0.184. The summed E-state index contributed by atoms with van der Waals surface area (Å²) in [7, 11) is 1.74. The van der Waals surface area contributed by atoms with Crippen molar-refractivity contribution < 1.29 is 4.74 Å². The van der Waals surface area contributed by atoms with E-state index in [9.17, 15) is 0 Å². The minimum absolute atomic E-state index is 0.481. The second kappa shape index (κ2) is 6.20. The van der Waals surface area contributed by atoms with Crippen LogP contribution >= 0.6 is 11.3 Å². The second-order valence-corrected chi connectivity index (χ2v) is 5.10. The van der Waals surface area contributed by atoms with Crippen LogP contribution in [0.15, 0.2) is 0 Å². The van der Waals surface area contributed by atoms with E-state index in [2.05, 4.69) is 31.1 Å². The summed E-state index contributed by atoms with van der Waals surface area (Å²) in [5, 5.41) is 4.62. The Hall–Kier alpha value is -0.450. The molecule has 3 nitrogen and oxygen atoms in total. The number of nitrogens with one attached hydrogen (secondary N) is 1. The predicted molar refractivity (Wildman–Crippen MR) is 64.4 cm³/mol. The molecule has 1 unspecified atom stereocenters. The van der Waals surface area contributed by atoms with Crippen molar-refractivity contribution in [1.29, 1.82) is 0 Å². The maximum Gasteiger partial charge on any atom is 0.107 e. The number of rotatable bonds is 6. The molecule has 0 aliphatic heterocycles. The Kier molecular flexibility index (Phi) is 5.22. The molecule has 1 atom stereocenters. The highest BCUT2D eigenvalue weighted by molar-refractivity contribution is 7.11. The Morgan fingerprint density at radius 3 is 2.73 bits per heavy atom. The first kappa shape index (κ1) is 12.6. The van der Waals surface area contributed by atoms with Gasteiger partial charge in [0.2, 0.25) is 0 Å². The Morgan fingerprint density at radius 2 is 2.20 bits per heavy atom. The minimum atomic E-state index is 0.481. The van der Waals surface area contributed by atoms with Crippen LogP contribution in [0.5, 0.6) is 0 Å². The lowest BCUT2D eigenvalue weighted by atomic mass is 10.2. The van der Waals surface area contributed by atoms with Crippen LogP contribution in [0.3, 0.4) is 0 Å². The number of aryl methyl sites for hydroxylation is 2. The van der Waals surface area contributed by atoms with Gasteiger partial charge in [0, 0.05) is 31.2 Å². The first-order valence-electron chi connectivity index (χ1n) is 5.28. The third-order valence-corrected chi connectivity index (χ3v) is 3.50. The van der Waals surface area contributed by atoms with Gasteiger partial charge in [0.15, 0.2) is 0 Å². The molecule has 0 aliphatic carbocycles. The van der Waals surface area contributed by atoms with Crippen molar-refractivity contribution in [3.63, 3.8) is 0 Å². The molecule has 1 aromatic rings. The molecule has 1 heterocycles. The van der Waals surface area contributed by atoms with E-state index in [-0.39, 0.29) is 0 Å². The highest BCUT2D eigenvalue weighted by atomic mass is 32.1. The van der Waals surface area contributed by atoms with Crippen LogP contribution in [-0.2, 0) is 11.3 Å². The number of aromatic nitrogens is 1. The highest BCUT2D eigenvalue weighted by Gasteiger charge is 2.05. The van der Waals surface area contributed by atoms with Crippen molar-refractivity contribution in [3.8, 4) is 0 Å². The van der Waals surface area contributed by atoms with Crippen LogP contribution in [0.4, 0.5) is 0 Å². The second-order valence-electron chi connectivity index (χ2n) is 3.81. The van der Waals surface area contributed by atoms with Crippen molar-refractivity contribution in [2.45, 2.75) is 39.8 Å². The Bertz CT molecular complexity index is 279. The third-order valence-electron chi connectivity index (χ3n) is 2.43. The molecule has 0 amide bonds. The summed E-state index contributed by atoms with van der Waals surface area (Å²) >= 11 is 1.78. The molecule has 0 saturated heterocycles. The van der Waals surface area contributed by atoms with Crippen LogP contribution in [0.25, 0.3) is 0 Å². The largest absolute Gasteiger partial charge is 0.385 e. The standard InChI is InChI=1S/C11H20N2OS/c1-8(5-6-14-4)12-7-11-13-9(2)10(3)15-11/h8,12H,5-7H2,1-4H3. The molecule has 0 fully saturated rings. The molecule has 86 valence electrons. The highest BCUT2D eigenvalue weighted by Crippen LogP contribution is 2.16. The number of methoxy groups -OCH3 is 1. The maximum atomic E-state index is 5.03. The van der Waals surface area contributed by atoms with Crippen molar-refractivity contribution in [3.05, 3.63) is 15.6 Å². The summed E-state index contributed by atoms with van der Waals surface area (Å²) in [6.07, 6.45) is 1.04. The summed E-state index contributed by atoms with van der Waals surface area (Å²) in [5.41, 5.74) is 1.15. The summed E-state index contributed by atoms with van der Waals surface area (Å²) in [4.78, 5) is 5.80. The third kappa shape index (κ3) is 4.28. The van der Waals surface area contributed by atoms with Gasteiger partial charge in [-0.25, -0.2) is 4.98 Å². The van der Waals surface area contributed by atoms with Crippen LogP contribution in [-0.4, -0.2) is 24.7 Å². The first-order chi connectivity index (χ1) is 7.13. The maximum absolute atomic E-state index is 5.03. The Balaban J connectivity index is 2.30. The van der Waals surface area contributed by atoms with E-state index in [0.29, 0.717) is 6.04 Å². The number of thiazole rings is 1. The topological polar surface area (TPSA) is 34.1 Å². The molecule has 0 aliphatic rings. The minimum Gasteiger partial charge on any atom is -0.385 e. The molecule has 1 N–H and O–H groups in total. The average Bonchev–Trinajstić information content (AvgIpc) is 2.52. The average molecular weight is 228 g/mol. The zero-order chi connectivity index (χ0) is 11.3. The predicted octanol–water partition coefficient (Wildman–Crippen LogP) is 2.27. The van der Waals surface area contributed by atoms with Gasteiger partial charge in [-0.2, -0.15) is 0 Å². The molecule has 1 aromatic heterocycles. The molecular weight excluding hydrogens is 208 g/mol. The molecule has 0 bridgehead atoms. The van der Waals surface area contributed by atoms with Crippen LogP contribution in [0.2, 0.25) is 0 Å². The summed E-state index contributed by atoms with van der Waals surface area (Å²) < 4.78 is 5.03. The van der Waals surface area contributed by atoms with E-state index in [0.717, 1.165) is 25.3 Å². The fourth-order valence-corrected chi connectivity index (χ4v) is 2.16. The number of ether oxygens (including phenoxy) is 1. The summed E-state index contributed by atoms with van der Waals surface area (Å²) in [6, 6.07) is 0.481. The zero-order valence-electron chi connectivity index (χ0n) is 9.96. The van der Waals surface area contributed by atoms with Gasteiger partial charge in [-0.3, -0.25) is 0 Å². The van der Waals surface area contributed by atoms with Gasteiger partial charge in [0.25, 0.3) is 0 Å². The molecule has 0 aromatic carbocycles. The Morgan fingerprint density at radius 1 is 1.47 bits per heavy atom. The van der Waals surface area contributed by atoms with Gasteiger partial charge in [0.1, 0.15) is 5.01 Å². The van der Waals surface area contributed by atoms with Gasteiger partial charge in [-0.15, -0.1) is 11.3 Å². The normalized spacial score (nSPS) is 13.1.